The van der Waals surface area contributed by atoms with Crippen LogP contribution in [0.3, 0.4) is 0 Å². The van der Waals surface area contributed by atoms with Crippen LogP contribution in [-0.2, 0) is 6.54 Å². The van der Waals surface area contributed by atoms with E-state index in [2.05, 4.69) is 15.5 Å². The van der Waals surface area contributed by atoms with Gasteiger partial charge < -0.3 is 20.5 Å². The van der Waals surface area contributed by atoms with E-state index in [1.165, 1.54) is 0 Å². The van der Waals surface area contributed by atoms with Gasteiger partial charge in [-0.25, -0.2) is 0 Å². The Labute approximate surface area is 145 Å². The largest absolute Gasteiger partial charge is 0.486 e. The number of rotatable bonds is 4. The van der Waals surface area contributed by atoms with E-state index in [1.54, 1.807) is 0 Å². The van der Waals surface area contributed by atoms with E-state index >= 15 is 0 Å². The van der Waals surface area contributed by atoms with Gasteiger partial charge in [0.05, 0.1) is 5.69 Å². The zero-order valence-corrected chi connectivity index (χ0v) is 13.6. The quantitative estimate of drug-likeness (QED) is 0.763. The molecule has 0 unspecified atom stereocenters. The zero-order valence-electron chi connectivity index (χ0n) is 13.6. The van der Waals surface area contributed by atoms with Crippen molar-refractivity contribution in [3.05, 3.63) is 60.2 Å². The van der Waals surface area contributed by atoms with Crippen LogP contribution in [0.1, 0.15) is 5.56 Å². The highest BCUT2D eigenvalue weighted by Crippen LogP contribution is 2.38. The molecule has 0 atom stereocenters. The number of hydrogen-bond donors (Lipinski definition) is 2. The molecule has 2 heterocycles. The summed E-state index contributed by atoms with van der Waals surface area (Å²) in [6.45, 7) is 1.63. The monoisotopic (exact) mass is 334 g/mol. The van der Waals surface area contributed by atoms with E-state index in [1.807, 2.05) is 54.6 Å². The smallest absolute Gasteiger partial charge is 0.170 e. The van der Waals surface area contributed by atoms with Gasteiger partial charge in [-0.15, -0.1) is 10.2 Å². The molecule has 3 N–H and O–H groups in total. The molecule has 25 heavy (non-hydrogen) atoms. The Morgan fingerprint density at radius 1 is 0.920 bits per heavy atom. The molecule has 2 aromatic carbocycles. The molecule has 4 rings (SSSR count). The molecule has 6 heteroatoms. The lowest BCUT2D eigenvalue weighted by molar-refractivity contribution is 0.172. The van der Waals surface area contributed by atoms with Crippen molar-refractivity contribution in [2.24, 2.45) is 5.73 Å². The van der Waals surface area contributed by atoms with E-state index in [-0.39, 0.29) is 0 Å². The van der Waals surface area contributed by atoms with Crippen LogP contribution in [0.15, 0.2) is 54.6 Å². The minimum absolute atomic E-state index is 0.530. The highest BCUT2D eigenvalue weighted by atomic mass is 16.6. The van der Waals surface area contributed by atoms with E-state index in [4.69, 9.17) is 15.2 Å². The number of fused-ring (bicyclic) bond motifs is 1. The average molecular weight is 334 g/mol. The van der Waals surface area contributed by atoms with Crippen molar-refractivity contribution >= 4 is 11.5 Å². The van der Waals surface area contributed by atoms with Crippen LogP contribution >= 0.6 is 0 Å². The molecule has 1 aliphatic heterocycles. The van der Waals surface area contributed by atoms with Crippen molar-refractivity contribution < 1.29 is 9.47 Å². The Hall–Kier alpha value is -3.12. The first-order chi connectivity index (χ1) is 12.3. The van der Waals surface area contributed by atoms with Gasteiger partial charge in [0.25, 0.3) is 0 Å². The second-order valence-electron chi connectivity index (χ2n) is 5.66. The Morgan fingerprint density at radius 2 is 1.76 bits per heavy atom. The van der Waals surface area contributed by atoms with Crippen LogP contribution in [0.25, 0.3) is 11.3 Å². The first-order valence-corrected chi connectivity index (χ1v) is 8.12. The zero-order chi connectivity index (χ0) is 17.1. The maximum absolute atomic E-state index is 5.74. The second-order valence-corrected chi connectivity index (χ2v) is 5.66. The van der Waals surface area contributed by atoms with Crippen LogP contribution in [0.4, 0.5) is 11.5 Å². The number of benzene rings is 2. The van der Waals surface area contributed by atoms with Gasteiger partial charge in [0, 0.05) is 17.8 Å². The van der Waals surface area contributed by atoms with E-state index in [9.17, 15) is 0 Å². The average Bonchev–Trinajstić information content (AvgIpc) is 2.69. The molecule has 0 saturated carbocycles. The Bertz CT molecular complexity index is 864. The molecule has 0 radical (unpaired) electrons. The van der Waals surface area contributed by atoms with Crippen molar-refractivity contribution in [1.82, 2.24) is 10.2 Å². The molecule has 3 aromatic rings. The van der Waals surface area contributed by atoms with Crippen molar-refractivity contribution in [3.63, 3.8) is 0 Å². The molecule has 0 saturated heterocycles. The standard InChI is InChI=1S/C19H18N4O2/c20-12-13-4-6-14(7-5-13)21-18-9-8-16(22-23-18)15-2-1-3-17-19(15)25-11-10-24-17/h1-9H,10-12,20H2,(H,21,23). The van der Waals surface area contributed by atoms with Gasteiger partial charge in [0.2, 0.25) is 0 Å². The molecular weight excluding hydrogens is 316 g/mol. The number of nitrogens with one attached hydrogen (secondary N) is 1. The molecule has 0 aliphatic carbocycles. The minimum Gasteiger partial charge on any atom is -0.486 e. The van der Waals surface area contributed by atoms with Crippen molar-refractivity contribution in [1.29, 1.82) is 0 Å². The molecule has 1 aliphatic rings. The summed E-state index contributed by atoms with van der Waals surface area (Å²) in [5.74, 6) is 2.14. The van der Waals surface area contributed by atoms with E-state index in [0.29, 0.717) is 25.6 Å². The van der Waals surface area contributed by atoms with Crippen molar-refractivity contribution in [2.75, 3.05) is 18.5 Å². The summed E-state index contributed by atoms with van der Waals surface area (Å²) in [5.41, 5.74) is 9.26. The number of anilines is 2. The lowest BCUT2D eigenvalue weighted by atomic mass is 10.1. The predicted octanol–water partition coefficient (Wildman–Crippen LogP) is 3.12. The van der Waals surface area contributed by atoms with Crippen molar-refractivity contribution in [2.45, 2.75) is 6.54 Å². The first-order valence-electron chi connectivity index (χ1n) is 8.12. The maximum Gasteiger partial charge on any atom is 0.170 e. The van der Waals surface area contributed by atoms with Crippen molar-refractivity contribution in [3.8, 4) is 22.8 Å². The summed E-state index contributed by atoms with van der Waals surface area (Å²) < 4.78 is 11.4. The number of ether oxygens (including phenoxy) is 2. The third kappa shape index (κ3) is 3.25. The third-order valence-electron chi connectivity index (χ3n) is 3.97. The molecule has 0 bridgehead atoms. The number of nitrogens with two attached hydrogens (primary N) is 1. The summed E-state index contributed by atoms with van der Waals surface area (Å²) >= 11 is 0. The summed E-state index contributed by atoms with van der Waals surface area (Å²) in [6.07, 6.45) is 0. The van der Waals surface area contributed by atoms with Gasteiger partial charge in [-0.1, -0.05) is 18.2 Å². The summed E-state index contributed by atoms with van der Waals surface area (Å²) in [7, 11) is 0. The second kappa shape index (κ2) is 6.78. The van der Waals surface area contributed by atoms with Crippen LogP contribution in [0.2, 0.25) is 0 Å². The first kappa shape index (κ1) is 15.4. The summed E-state index contributed by atoms with van der Waals surface area (Å²) in [6, 6.07) is 17.5. The normalized spacial score (nSPS) is 12.7. The van der Waals surface area contributed by atoms with Crippen LogP contribution in [-0.4, -0.2) is 23.4 Å². The number of aromatic nitrogens is 2. The maximum atomic E-state index is 5.74. The van der Waals surface area contributed by atoms with Gasteiger partial charge in [-0.05, 0) is 42.0 Å². The summed E-state index contributed by atoms with van der Waals surface area (Å²) in [4.78, 5) is 0. The number of hydrogen-bond acceptors (Lipinski definition) is 6. The Morgan fingerprint density at radius 3 is 2.52 bits per heavy atom. The fourth-order valence-corrected chi connectivity index (χ4v) is 2.69. The minimum atomic E-state index is 0.530. The molecule has 126 valence electrons. The fraction of sp³-hybridized carbons (Fsp3) is 0.158. The number of para-hydroxylation sites is 1. The molecule has 0 spiro atoms. The van der Waals surface area contributed by atoms with Gasteiger partial charge in [0.15, 0.2) is 17.3 Å². The van der Waals surface area contributed by atoms with Crippen LogP contribution in [0.5, 0.6) is 11.5 Å². The van der Waals surface area contributed by atoms with Crippen LogP contribution < -0.4 is 20.5 Å². The molecule has 6 nitrogen and oxygen atoms in total. The lowest BCUT2D eigenvalue weighted by Crippen LogP contribution is -2.16. The van der Waals surface area contributed by atoms with Gasteiger partial charge in [0.1, 0.15) is 13.2 Å². The highest BCUT2D eigenvalue weighted by Gasteiger charge is 2.17. The Balaban J connectivity index is 1.56. The fourth-order valence-electron chi connectivity index (χ4n) is 2.69. The third-order valence-corrected chi connectivity index (χ3v) is 3.97. The Kier molecular flexibility index (Phi) is 4.18. The van der Waals surface area contributed by atoms with Gasteiger partial charge in [-0.3, -0.25) is 0 Å². The molecule has 0 fully saturated rings. The topological polar surface area (TPSA) is 82.3 Å². The van der Waals surface area contributed by atoms with Gasteiger partial charge >= 0.3 is 0 Å². The molecule has 1 aromatic heterocycles. The van der Waals surface area contributed by atoms with Gasteiger partial charge in [-0.2, -0.15) is 0 Å². The SMILES string of the molecule is NCc1ccc(Nc2ccc(-c3cccc4c3OCCO4)nn2)cc1. The predicted molar refractivity (Wildman–Crippen MR) is 96.1 cm³/mol. The molecule has 0 amide bonds. The lowest BCUT2D eigenvalue weighted by Gasteiger charge is -2.20. The highest BCUT2D eigenvalue weighted by molar-refractivity contribution is 5.72. The molecular formula is C19H18N4O2. The number of nitrogens with zero attached hydrogens (tertiary/aromatic N) is 2. The van der Waals surface area contributed by atoms with Crippen LogP contribution in [0, 0.1) is 0 Å². The van der Waals surface area contributed by atoms with E-state index in [0.717, 1.165) is 34.0 Å². The van der Waals surface area contributed by atoms with E-state index < -0.39 is 0 Å². The summed E-state index contributed by atoms with van der Waals surface area (Å²) in [5, 5.41) is 11.8.